The van der Waals surface area contributed by atoms with Crippen molar-refractivity contribution in [1.82, 2.24) is 0 Å². The molecule has 1 amide bonds. The van der Waals surface area contributed by atoms with E-state index < -0.39 is 15.8 Å². The largest absolute Gasteiger partial charge is 0.479 e. The lowest BCUT2D eigenvalue weighted by Gasteiger charge is -2.11. The number of nitrogens with zero attached hydrogens (tertiary/aromatic N) is 2. The van der Waals surface area contributed by atoms with Crippen LogP contribution in [-0.4, -0.2) is 15.8 Å². The Morgan fingerprint density at radius 3 is 2.49 bits per heavy atom. The Labute approximate surface area is 214 Å². The number of amides is 1. The summed E-state index contributed by atoms with van der Waals surface area (Å²) in [6, 6.07) is 17.5. The minimum atomic E-state index is -0.675. The lowest BCUT2D eigenvalue weighted by Crippen LogP contribution is -2.11. The fourth-order valence-corrected chi connectivity index (χ4v) is 3.55. The molecule has 1 N–H and O–H groups in total. The summed E-state index contributed by atoms with van der Waals surface area (Å²) in [4.78, 5) is 34.1. The Balaban J connectivity index is 1.48. The highest BCUT2D eigenvalue weighted by atomic mass is 35.5. The number of benzene rings is 3. The van der Waals surface area contributed by atoms with Gasteiger partial charge >= 0.3 is 5.69 Å². The van der Waals surface area contributed by atoms with Crippen molar-refractivity contribution in [3.05, 3.63) is 115 Å². The number of aryl methyl sites for hydroxylation is 1. The Morgan fingerprint density at radius 2 is 1.76 bits per heavy atom. The van der Waals surface area contributed by atoms with Gasteiger partial charge in [0.15, 0.2) is 11.5 Å². The number of hydrogen-bond acceptors (Lipinski definition) is 8. The summed E-state index contributed by atoms with van der Waals surface area (Å²) in [5.74, 6) is 0.0960. The summed E-state index contributed by atoms with van der Waals surface area (Å²) in [6.07, 6.45) is 0. The molecular formula is C25H18ClN3O8. The van der Waals surface area contributed by atoms with Gasteiger partial charge in [0.1, 0.15) is 23.9 Å². The molecule has 0 aliphatic carbocycles. The quantitative estimate of drug-likeness (QED) is 0.188. The minimum absolute atomic E-state index is 0.0509. The van der Waals surface area contributed by atoms with Crippen LogP contribution in [0.15, 0.2) is 77.2 Å². The highest BCUT2D eigenvalue weighted by Gasteiger charge is 2.18. The van der Waals surface area contributed by atoms with E-state index in [0.717, 1.165) is 5.56 Å². The van der Waals surface area contributed by atoms with Gasteiger partial charge in [-0.25, -0.2) is 0 Å². The van der Waals surface area contributed by atoms with Gasteiger partial charge < -0.3 is 19.2 Å². The molecule has 0 bridgehead atoms. The van der Waals surface area contributed by atoms with Crippen LogP contribution in [0.3, 0.4) is 0 Å². The lowest BCUT2D eigenvalue weighted by molar-refractivity contribution is -0.386. The van der Waals surface area contributed by atoms with E-state index in [1.807, 2.05) is 0 Å². The summed E-state index contributed by atoms with van der Waals surface area (Å²) in [5, 5.41) is 25.6. The van der Waals surface area contributed by atoms with Crippen LogP contribution in [0.25, 0.3) is 0 Å². The Hall–Kier alpha value is -4.90. The SMILES string of the molecule is Cc1cc(Cl)ccc1Oc1cc(NC(=O)c2ccc(COc3ccccc3[N+](=O)[O-])o2)cc([N+](=O)[O-])c1. The second-order valence-corrected chi connectivity index (χ2v) is 8.15. The predicted octanol–water partition coefficient (Wildman–Crippen LogP) is 6.68. The lowest BCUT2D eigenvalue weighted by atomic mass is 10.2. The van der Waals surface area contributed by atoms with E-state index in [-0.39, 0.29) is 46.7 Å². The first-order chi connectivity index (χ1) is 17.7. The highest BCUT2D eigenvalue weighted by Crippen LogP contribution is 2.32. The van der Waals surface area contributed by atoms with Crippen LogP contribution in [0.4, 0.5) is 17.1 Å². The molecule has 4 rings (SSSR count). The van der Waals surface area contributed by atoms with Gasteiger partial charge in [-0.3, -0.25) is 25.0 Å². The first-order valence-corrected chi connectivity index (χ1v) is 11.1. The van der Waals surface area contributed by atoms with Crippen molar-refractivity contribution in [3.63, 3.8) is 0 Å². The van der Waals surface area contributed by atoms with Gasteiger partial charge in [0.05, 0.1) is 21.6 Å². The van der Waals surface area contributed by atoms with E-state index in [9.17, 15) is 25.0 Å². The number of non-ortho nitro benzene ring substituents is 1. The molecule has 0 spiro atoms. The standard InChI is InChI=1S/C25H18ClN3O8/c1-15-10-16(26)6-8-22(15)37-20-12-17(11-18(13-20)28(31)32)27-25(30)24-9-7-19(36-24)14-35-23-5-3-2-4-21(23)29(33)34/h2-13H,14H2,1H3,(H,27,30). The van der Waals surface area contributed by atoms with Gasteiger partial charge in [-0.05, 0) is 48.9 Å². The molecule has 4 aromatic rings. The van der Waals surface area contributed by atoms with Crippen LogP contribution < -0.4 is 14.8 Å². The summed E-state index contributed by atoms with van der Waals surface area (Å²) >= 11 is 5.96. The molecule has 0 radical (unpaired) electrons. The molecule has 3 aromatic carbocycles. The second-order valence-electron chi connectivity index (χ2n) is 7.72. The van der Waals surface area contributed by atoms with E-state index in [1.165, 1.54) is 48.5 Å². The smallest absolute Gasteiger partial charge is 0.310 e. The van der Waals surface area contributed by atoms with Crippen LogP contribution in [0.2, 0.25) is 5.02 Å². The van der Waals surface area contributed by atoms with Crippen LogP contribution in [0.5, 0.6) is 17.2 Å². The summed E-state index contributed by atoms with van der Waals surface area (Å²) in [7, 11) is 0. The molecule has 1 aromatic heterocycles. The maximum atomic E-state index is 12.7. The number of nitro groups is 2. The third kappa shape index (κ3) is 6.21. The Kier molecular flexibility index (Phi) is 7.35. The molecule has 1 heterocycles. The molecule has 0 aliphatic heterocycles. The predicted molar refractivity (Wildman–Crippen MR) is 133 cm³/mol. The molecule has 0 fully saturated rings. The average molecular weight is 524 g/mol. The number of nitrogens with one attached hydrogen (secondary N) is 1. The Bertz CT molecular complexity index is 1500. The van der Waals surface area contributed by atoms with Crippen molar-refractivity contribution in [2.75, 3.05) is 5.32 Å². The van der Waals surface area contributed by atoms with Gasteiger partial charge in [0.25, 0.3) is 11.6 Å². The molecule has 37 heavy (non-hydrogen) atoms. The van der Waals surface area contributed by atoms with E-state index in [1.54, 1.807) is 31.2 Å². The third-order valence-electron chi connectivity index (χ3n) is 5.04. The number of carbonyl (C=O) groups is 1. The maximum absolute atomic E-state index is 12.7. The number of carbonyl (C=O) groups excluding carboxylic acids is 1. The van der Waals surface area contributed by atoms with Crippen LogP contribution in [0, 0.1) is 27.2 Å². The van der Waals surface area contributed by atoms with E-state index in [4.69, 9.17) is 25.5 Å². The highest BCUT2D eigenvalue weighted by molar-refractivity contribution is 6.30. The van der Waals surface area contributed by atoms with Crippen LogP contribution in [0.1, 0.15) is 21.9 Å². The Morgan fingerprint density at radius 1 is 0.973 bits per heavy atom. The molecule has 0 saturated carbocycles. The number of furan rings is 1. The fourth-order valence-electron chi connectivity index (χ4n) is 3.32. The van der Waals surface area contributed by atoms with Gasteiger partial charge in [0, 0.05) is 23.2 Å². The fraction of sp³-hybridized carbons (Fsp3) is 0.0800. The summed E-state index contributed by atoms with van der Waals surface area (Å²) < 4.78 is 16.7. The van der Waals surface area contributed by atoms with Gasteiger partial charge in [-0.15, -0.1) is 0 Å². The molecule has 188 valence electrons. The van der Waals surface area contributed by atoms with Crippen molar-refractivity contribution >= 4 is 34.6 Å². The molecule has 12 heteroatoms. The zero-order valence-corrected chi connectivity index (χ0v) is 19.9. The van der Waals surface area contributed by atoms with E-state index in [0.29, 0.717) is 10.8 Å². The molecule has 0 unspecified atom stereocenters. The number of ether oxygens (including phenoxy) is 2. The number of rotatable bonds is 9. The van der Waals surface area contributed by atoms with Crippen LogP contribution in [-0.2, 0) is 6.61 Å². The van der Waals surface area contributed by atoms with Crippen molar-refractivity contribution in [2.45, 2.75) is 13.5 Å². The first-order valence-electron chi connectivity index (χ1n) is 10.7. The third-order valence-corrected chi connectivity index (χ3v) is 5.28. The van der Waals surface area contributed by atoms with Gasteiger partial charge in [-0.1, -0.05) is 23.7 Å². The monoisotopic (exact) mass is 523 g/mol. The van der Waals surface area contributed by atoms with Gasteiger partial charge in [-0.2, -0.15) is 0 Å². The number of anilines is 1. The molecule has 0 atom stereocenters. The summed E-state index contributed by atoms with van der Waals surface area (Å²) in [5.41, 5.74) is 0.326. The number of hydrogen-bond donors (Lipinski definition) is 1. The van der Waals surface area contributed by atoms with E-state index >= 15 is 0 Å². The zero-order valence-electron chi connectivity index (χ0n) is 19.2. The van der Waals surface area contributed by atoms with Crippen molar-refractivity contribution in [1.29, 1.82) is 0 Å². The van der Waals surface area contributed by atoms with Crippen molar-refractivity contribution in [3.8, 4) is 17.2 Å². The molecule has 11 nitrogen and oxygen atoms in total. The first kappa shape index (κ1) is 25.2. The maximum Gasteiger partial charge on any atom is 0.310 e. The van der Waals surface area contributed by atoms with Crippen molar-refractivity contribution < 1.29 is 28.5 Å². The van der Waals surface area contributed by atoms with Gasteiger partial charge in [0.2, 0.25) is 0 Å². The van der Waals surface area contributed by atoms with Crippen LogP contribution >= 0.6 is 11.6 Å². The number of nitro benzene ring substituents is 2. The molecular weight excluding hydrogens is 506 g/mol. The topological polar surface area (TPSA) is 147 Å². The molecule has 0 aliphatic rings. The summed E-state index contributed by atoms with van der Waals surface area (Å²) in [6.45, 7) is 1.61. The number of para-hydroxylation sites is 2. The minimum Gasteiger partial charge on any atom is -0.479 e. The second kappa shape index (κ2) is 10.8. The normalized spacial score (nSPS) is 10.5. The molecule has 0 saturated heterocycles. The zero-order chi connectivity index (χ0) is 26.5. The van der Waals surface area contributed by atoms with E-state index in [2.05, 4.69) is 5.32 Å². The average Bonchev–Trinajstić information content (AvgIpc) is 3.34. The van der Waals surface area contributed by atoms with Crippen molar-refractivity contribution in [2.24, 2.45) is 0 Å². The number of halogens is 1.